The number of hydrogen-bond acceptors (Lipinski definition) is 7. The third-order valence-corrected chi connectivity index (χ3v) is 6.99. The van der Waals surface area contributed by atoms with Crippen molar-refractivity contribution in [1.82, 2.24) is 9.97 Å². The lowest BCUT2D eigenvalue weighted by atomic mass is 9.97. The highest BCUT2D eigenvalue weighted by Crippen LogP contribution is 2.38. The summed E-state index contributed by atoms with van der Waals surface area (Å²) in [6.07, 6.45) is -1.03. The number of aromatic nitrogens is 2. The predicted molar refractivity (Wildman–Crippen MR) is 148 cm³/mol. The van der Waals surface area contributed by atoms with Crippen molar-refractivity contribution in [2.75, 3.05) is 31.2 Å². The van der Waals surface area contributed by atoms with Crippen LogP contribution in [0.3, 0.4) is 0 Å². The number of esters is 1. The van der Waals surface area contributed by atoms with E-state index in [1.165, 1.54) is 12.3 Å². The summed E-state index contributed by atoms with van der Waals surface area (Å²) in [4.78, 5) is 23.0. The molecular weight excluding hydrogens is 591 g/mol. The summed E-state index contributed by atoms with van der Waals surface area (Å²) >= 11 is 3.44. The Bertz CT molecular complexity index is 1310. The van der Waals surface area contributed by atoms with Crippen LogP contribution in [-0.4, -0.2) is 42.2 Å². The molecule has 0 atom stereocenters. The van der Waals surface area contributed by atoms with E-state index in [2.05, 4.69) is 25.9 Å². The molecule has 0 radical (unpaired) electrons. The van der Waals surface area contributed by atoms with Crippen molar-refractivity contribution in [2.45, 2.75) is 45.9 Å². The standard InChI is InChI=1S/C29H31BrF3N3O4/c1-3-15-39-26-17-22(30)7-5-20(26)18-40-25-8-6-21(29(31,32)33)16-23(25)24-9-12-34-28(35-24)36-13-10-19(11-14-36)27(37)38-4-2/h5-9,12,16-17,19H,3-4,10-11,13-15,18H2,1-2H3. The van der Waals surface area contributed by atoms with Crippen molar-refractivity contribution < 1.29 is 32.2 Å². The fourth-order valence-electron chi connectivity index (χ4n) is 4.41. The molecule has 1 fully saturated rings. The first-order valence-electron chi connectivity index (χ1n) is 13.2. The van der Waals surface area contributed by atoms with Gasteiger partial charge in [0.1, 0.15) is 18.1 Å². The third-order valence-electron chi connectivity index (χ3n) is 6.50. The molecule has 214 valence electrons. The highest BCUT2D eigenvalue weighted by atomic mass is 79.9. The minimum absolute atomic E-state index is 0.0873. The SMILES string of the molecule is CCCOc1cc(Br)ccc1COc1ccc(C(F)(F)F)cc1-c1ccnc(N2CCC(C(=O)OCC)CC2)n1. The monoisotopic (exact) mass is 621 g/mol. The van der Waals surface area contributed by atoms with Crippen LogP contribution in [0.5, 0.6) is 11.5 Å². The zero-order valence-corrected chi connectivity index (χ0v) is 23.9. The van der Waals surface area contributed by atoms with Gasteiger partial charge in [-0.2, -0.15) is 13.2 Å². The quantitative estimate of drug-likeness (QED) is 0.224. The van der Waals surface area contributed by atoms with Crippen molar-refractivity contribution in [3.8, 4) is 22.8 Å². The summed E-state index contributed by atoms with van der Waals surface area (Å²) < 4.78 is 58.9. The first-order valence-corrected chi connectivity index (χ1v) is 14.0. The van der Waals surface area contributed by atoms with Crippen LogP contribution in [-0.2, 0) is 22.3 Å². The fraction of sp³-hybridized carbons (Fsp3) is 0.414. The Morgan fingerprint density at radius 3 is 2.52 bits per heavy atom. The number of carbonyl (C=O) groups is 1. The molecule has 1 aliphatic heterocycles. The van der Waals surface area contributed by atoms with Crippen molar-refractivity contribution >= 4 is 27.8 Å². The van der Waals surface area contributed by atoms with Crippen LogP contribution < -0.4 is 14.4 Å². The van der Waals surface area contributed by atoms with E-state index in [0.717, 1.165) is 28.6 Å². The molecule has 0 saturated carbocycles. The van der Waals surface area contributed by atoms with Gasteiger partial charge < -0.3 is 19.1 Å². The molecule has 40 heavy (non-hydrogen) atoms. The minimum atomic E-state index is -4.54. The van der Waals surface area contributed by atoms with Gasteiger partial charge in [0, 0.05) is 34.9 Å². The van der Waals surface area contributed by atoms with Gasteiger partial charge in [-0.25, -0.2) is 9.97 Å². The maximum absolute atomic E-state index is 13.7. The topological polar surface area (TPSA) is 73.8 Å². The number of alkyl halides is 3. The van der Waals surface area contributed by atoms with Crippen LogP contribution in [0.15, 0.2) is 53.1 Å². The largest absolute Gasteiger partial charge is 0.493 e. The smallest absolute Gasteiger partial charge is 0.416 e. The van der Waals surface area contributed by atoms with Crippen molar-refractivity contribution in [3.63, 3.8) is 0 Å². The van der Waals surface area contributed by atoms with Gasteiger partial charge in [0.25, 0.3) is 0 Å². The second-order valence-electron chi connectivity index (χ2n) is 9.35. The molecule has 3 aromatic rings. The molecule has 11 heteroatoms. The van der Waals surface area contributed by atoms with Gasteiger partial charge in [-0.05, 0) is 62.6 Å². The second kappa shape index (κ2) is 13.3. The van der Waals surface area contributed by atoms with Gasteiger partial charge in [-0.15, -0.1) is 0 Å². The Kier molecular flexibility index (Phi) is 9.89. The Balaban J connectivity index is 1.60. The van der Waals surface area contributed by atoms with Crippen LogP contribution in [0.25, 0.3) is 11.3 Å². The summed E-state index contributed by atoms with van der Waals surface area (Å²) in [5.74, 6) is 0.874. The van der Waals surface area contributed by atoms with E-state index in [4.69, 9.17) is 14.2 Å². The average Bonchev–Trinajstić information content (AvgIpc) is 2.95. The van der Waals surface area contributed by atoms with Gasteiger partial charge in [0.2, 0.25) is 5.95 Å². The molecular formula is C29H31BrF3N3O4. The summed E-state index contributed by atoms with van der Waals surface area (Å²) in [6.45, 7) is 5.78. The molecule has 0 N–H and O–H groups in total. The van der Waals surface area contributed by atoms with Crippen molar-refractivity contribution in [3.05, 3.63) is 64.3 Å². The normalized spacial score (nSPS) is 14.2. The maximum Gasteiger partial charge on any atom is 0.416 e. The van der Waals surface area contributed by atoms with E-state index in [0.29, 0.717) is 56.5 Å². The predicted octanol–water partition coefficient (Wildman–Crippen LogP) is 7.07. The maximum atomic E-state index is 13.7. The number of carbonyl (C=O) groups excluding carboxylic acids is 1. The fourth-order valence-corrected chi connectivity index (χ4v) is 4.75. The number of benzene rings is 2. The molecule has 0 unspecified atom stereocenters. The highest BCUT2D eigenvalue weighted by molar-refractivity contribution is 9.10. The van der Waals surface area contributed by atoms with Gasteiger partial charge in [-0.3, -0.25) is 4.79 Å². The summed E-state index contributed by atoms with van der Waals surface area (Å²) in [6, 6.07) is 10.5. The summed E-state index contributed by atoms with van der Waals surface area (Å²) in [5.41, 5.74) is 0.459. The van der Waals surface area contributed by atoms with Gasteiger partial charge >= 0.3 is 12.1 Å². The van der Waals surface area contributed by atoms with Crippen LogP contribution in [0.1, 0.15) is 44.2 Å². The molecule has 7 nitrogen and oxygen atoms in total. The Hall–Kier alpha value is -3.34. The lowest BCUT2D eigenvalue weighted by Gasteiger charge is -2.31. The molecule has 0 amide bonds. The zero-order valence-electron chi connectivity index (χ0n) is 22.3. The molecule has 0 aliphatic carbocycles. The number of halogens is 4. The van der Waals surface area contributed by atoms with E-state index in [1.54, 1.807) is 13.0 Å². The molecule has 1 saturated heterocycles. The zero-order chi connectivity index (χ0) is 28.7. The van der Waals surface area contributed by atoms with Gasteiger partial charge in [-0.1, -0.05) is 28.9 Å². The highest BCUT2D eigenvalue weighted by Gasteiger charge is 2.32. The Morgan fingerprint density at radius 1 is 1.05 bits per heavy atom. The molecule has 4 rings (SSSR count). The Labute approximate surface area is 239 Å². The summed E-state index contributed by atoms with van der Waals surface area (Å²) in [7, 11) is 0. The number of rotatable bonds is 10. The van der Waals surface area contributed by atoms with Crippen LogP contribution >= 0.6 is 15.9 Å². The van der Waals surface area contributed by atoms with E-state index in [9.17, 15) is 18.0 Å². The van der Waals surface area contributed by atoms with E-state index >= 15 is 0 Å². The molecule has 0 spiro atoms. The van der Waals surface area contributed by atoms with Gasteiger partial charge in [0.15, 0.2) is 0 Å². The van der Waals surface area contributed by atoms with E-state index in [-0.39, 0.29) is 29.8 Å². The van der Waals surface area contributed by atoms with Crippen molar-refractivity contribution in [2.24, 2.45) is 5.92 Å². The molecule has 2 heterocycles. The molecule has 0 bridgehead atoms. The third kappa shape index (κ3) is 7.44. The molecule has 2 aromatic carbocycles. The second-order valence-corrected chi connectivity index (χ2v) is 10.3. The number of piperidine rings is 1. The van der Waals surface area contributed by atoms with Crippen molar-refractivity contribution in [1.29, 1.82) is 0 Å². The lowest BCUT2D eigenvalue weighted by Crippen LogP contribution is -2.37. The molecule has 1 aromatic heterocycles. The van der Waals surface area contributed by atoms with Crippen LogP contribution in [0.2, 0.25) is 0 Å². The van der Waals surface area contributed by atoms with Gasteiger partial charge in [0.05, 0.1) is 30.4 Å². The molecule has 1 aliphatic rings. The summed E-state index contributed by atoms with van der Waals surface area (Å²) in [5, 5.41) is 0. The average molecular weight is 622 g/mol. The van der Waals surface area contributed by atoms with E-state index < -0.39 is 11.7 Å². The number of hydrogen-bond donors (Lipinski definition) is 0. The number of ether oxygens (including phenoxy) is 3. The van der Waals surface area contributed by atoms with Crippen LogP contribution in [0, 0.1) is 5.92 Å². The van der Waals surface area contributed by atoms with Crippen LogP contribution in [0.4, 0.5) is 19.1 Å². The minimum Gasteiger partial charge on any atom is -0.493 e. The number of nitrogens with zero attached hydrogens (tertiary/aromatic N) is 3. The Morgan fingerprint density at radius 2 is 1.82 bits per heavy atom. The number of anilines is 1. The first kappa shape index (κ1) is 29.6. The van der Waals surface area contributed by atoms with E-state index in [1.807, 2.05) is 30.0 Å². The lowest BCUT2D eigenvalue weighted by molar-refractivity contribution is -0.148. The first-order chi connectivity index (χ1) is 19.2.